The third-order valence-corrected chi connectivity index (χ3v) is 3.77. The maximum atomic E-state index is 13.0. The van der Waals surface area contributed by atoms with Crippen molar-refractivity contribution in [3.05, 3.63) is 64.5 Å². The summed E-state index contributed by atoms with van der Waals surface area (Å²) in [5.74, 6) is -1.00. The van der Waals surface area contributed by atoms with Gasteiger partial charge in [-0.2, -0.15) is 0 Å². The zero-order valence-electron chi connectivity index (χ0n) is 11.6. The second-order valence-corrected chi connectivity index (χ2v) is 5.26. The van der Waals surface area contributed by atoms with Gasteiger partial charge >= 0.3 is 5.97 Å². The molecule has 0 aliphatic heterocycles. The number of aryl methyl sites for hydroxylation is 2. The largest absolute Gasteiger partial charge is 0.457 e. The molecule has 21 heavy (non-hydrogen) atoms. The summed E-state index contributed by atoms with van der Waals surface area (Å²) in [6.07, 6.45) is 3.40. The average molecular weight is 285 g/mol. The number of nitrogens with two attached hydrogens (primary N) is 1. The molecule has 4 heteroatoms. The second-order valence-electron chi connectivity index (χ2n) is 5.26. The van der Waals surface area contributed by atoms with E-state index in [1.807, 2.05) is 6.07 Å². The number of hydrogen-bond acceptors (Lipinski definition) is 3. The van der Waals surface area contributed by atoms with Crippen molar-refractivity contribution >= 4 is 11.7 Å². The summed E-state index contributed by atoms with van der Waals surface area (Å²) >= 11 is 0. The molecule has 0 saturated heterocycles. The van der Waals surface area contributed by atoms with Gasteiger partial charge in [0.05, 0.1) is 5.56 Å². The molecule has 0 saturated carbocycles. The van der Waals surface area contributed by atoms with E-state index in [0.29, 0.717) is 0 Å². The highest BCUT2D eigenvalue weighted by Crippen LogP contribution is 2.23. The highest BCUT2D eigenvalue weighted by atomic mass is 19.1. The summed E-state index contributed by atoms with van der Waals surface area (Å²) < 4.78 is 18.2. The van der Waals surface area contributed by atoms with Gasteiger partial charge in [0.25, 0.3) is 0 Å². The third-order valence-electron chi connectivity index (χ3n) is 3.77. The highest BCUT2D eigenvalue weighted by molar-refractivity contribution is 5.94. The molecule has 0 radical (unpaired) electrons. The van der Waals surface area contributed by atoms with Crippen LogP contribution in [0.4, 0.5) is 10.1 Å². The van der Waals surface area contributed by atoms with Gasteiger partial charge in [0.15, 0.2) is 0 Å². The van der Waals surface area contributed by atoms with Crippen LogP contribution in [0.5, 0.6) is 0 Å². The summed E-state index contributed by atoms with van der Waals surface area (Å²) in [6, 6.07) is 9.82. The van der Waals surface area contributed by atoms with Crippen LogP contribution in [0, 0.1) is 5.82 Å². The molecule has 0 aromatic heterocycles. The van der Waals surface area contributed by atoms with Crippen LogP contribution in [0.25, 0.3) is 0 Å². The van der Waals surface area contributed by atoms with E-state index in [2.05, 4.69) is 12.1 Å². The minimum Gasteiger partial charge on any atom is -0.457 e. The van der Waals surface area contributed by atoms with Crippen molar-refractivity contribution in [2.45, 2.75) is 25.9 Å². The Morgan fingerprint density at radius 3 is 2.76 bits per heavy atom. The van der Waals surface area contributed by atoms with Gasteiger partial charge in [-0.3, -0.25) is 0 Å². The Labute approximate surface area is 122 Å². The van der Waals surface area contributed by atoms with Gasteiger partial charge in [-0.05, 0) is 54.2 Å². The Morgan fingerprint density at radius 1 is 1.14 bits per heavy atom. The minimum atomic E-state index is -0.534. The number of halogens is 1. The summed E-state index contributed by atoms with van der Waals surface area (Å²) in [4.78, 5) is 12.0. The monoisotopic (exact) mass is 285 g/mol. The summed E-state index contributed by atoms with van der Waals surface area (Å²) in [5, 5.41) is 0. The van der Waals surface area contributed by atoms with Gasteiger partial charge in [-0.25, -0.2) is 9.18 Å². The lowest BCUT2D eigenvalue weighted by atomic mass is 10.1. The molecule has 1 aliphatic carbocycles. The molecule has 3 rings (SSSR count). The lowest BCUT2D eigenvalue weighted by Crippen LogP contribution is -2.08. The molecule has 0 atom stereocenters. The van der Waals surface area contributed by atoms with Crippen LogP contribution in [0.1, 0.15) is 33.5 Å². The standard InChI is InChI=1S/C17H16FNO2/c18-14-6-7-15(16(19)9-14)17(20)21-10-11-4-5-12-2-1-3-13(12)8-11/h4-9H,1-3,10,19H2. The zero-order chi connectivity index (χ0) is 14.8. The van der Waals surface area contributed by atoms with E-state index in [1.165, 1.54) is 29.7 Å². The van der Waals surface area contributed by atoms with E-state index in [9.17, 15) is 9.18 Å². The Hall–Kier alpha value is -2.36. The smallest absolute Gasteiger partial charge is 0.340 e. The zero-order valence-corrected chi connectivity index (χ0v) is 11.6. The van der Waals surface area contributed by atoms with E-state index >= 15 is 0 Å². The number of hydrogen-bond donors (Lipinski definition) is 1. The fraction of sp³-hybridized carbons (Fsp3) is 0.235. The number of carbonyl (C=O) groups excluding carboxylic acids is 1. The van der Waals surface area contributed by atoms with Crippen molar-refractivity contribution in [3.8, 4) is 0 Å². The van der Waals surface area contributed by atoms with E-state index in [1.54, 1.807) is 0 Å². The minimum absolute atomic E-state index is 0.0916. The van der Waals surface area contributed by atoms with Crippen molar-refractivity contribution in [1.29, 1.82) is 0 Å². The number of ether oxygens (including phenoxy) is 1. The van der Waals surface area contributed by atoms with Gasteiger partial charge in [0.1, 0.15) is 12.4 Å². The SMILES string of the molecule is Nc1cc(F)ccc1C(=O)OCc1ccc2c(c1)CCC2. The normalized spacial score (nSPS) is 13.0. The number of benzene rings is 2. The molecule has 1 aliphatic rings. The van der Waals surface area contributed by atoms with Crippen molar-refractivity contribution < 1.29 is 13.9 Å². The lowest BCUT2D eigenvalue weighted by molar-refractivity contribution is 0.0474. The van der Waals surface area contributed by atoms with Crippen LogP contribution in [-0.4, -0.2) is 5.97 Å². The summed E-state index contributed by atoms with van der Waals surface area (Å²) in [7, 11) is 0. The van der Waals surface area contributed by atoms with Crippen molar-refractivity contribution in [3.63, 3.8) is 0 Å². The topological polar surface area (TPSA) is 52.3 Å². The maximum Gasteiger partial charge on any atom is 0.340 e. The molecule has 2 aromatic carbocycles. The molecule has 0 amide bonds. The molecule has 0 spiro atoms. The van der Waals surface area contributed by atoms with E-state index in [0.717, 1.165) is 24.5 Å². The van der Waals surface area contributed by atoms with E-state index in [-0.39, 0.29) is 17.9 Å². The molecular formula is C17H16FNO2. The molecule has 108 valence electrons. The first kappa shape index (κ1) is 13.6. The van der Waals surface area contributed by atoms with Crippen molar-refractivity contribution in [1.82, 2.24) is 0 Å². The molecule has 2 aromatic rings. The molecule has 2 N–H and O–H groups in total. The number of anilines is 1. The maximum absolute atomic E-state index is 13.0. The molecular weight excluding hydrogens is 269 g/mol. The first-order valence-corrected chi connectivity index (χ1v) is 6.96. The molecule has 3 nitrogen and oxygen atoms in total. The highest BCUT2D eigenvalue weighted by Gasteiger charge is 2.14. The molecule has 0 fully saturated rings. The number of fused-ring (bicyclic) bond motifs is 1. The van der Waals surface area contributed by atoms with Gasteiger partial charge in [0.2, 0.25) is 0 Å². The van der Waals surface area contributed by atoms with Crippen LogP contribution in [-0.2, 0) is 24.2 Å². The van der Waals surface area contributed by atoms with Gasteiger partial charge < -0.3 is 10.5 Å². The average Bonchev–Trinajstić information content (AvgIpc) is 2.92. The van der Waals surface area contributed by atoms with Crippen LogP contribution in [0.2, 0.25) is 0 Å². The lowest BCUT2D eigenvalue weighted by Gasteiger charge is -2.08. The van der Waals surface area contributed by atoms with Gasteiger partial charge in [-0.15, -0.1) is 0 Å². The Balaban J connectivity index is 1.68. The number of nitrogen functional groups attached to an aromatic ring is 1. The second kappa shape index (κ2) is 5.56. The van der Waals surface area contributed by atoms with Crippen molar-refractivity contribution in [2.75, 3.05) is 5.73 Å². The van der Waals surface area contributed by atoms with Crippen LogP contribution in [0.15, 0.2) is 36.4 Å². The Kier molecular flexibility index (Phi) is 3.60. The first-order valence-electron chi connectivity index (χ1n) is 6.96. The van der Waals surface area contributed by atoms with Gasteiger partial charge in [-0.1, -0.05) is 18.2 Å². The number of rotatable bonds is 3. The summed E-state index contributed by atoms with van der Waals surface area (Å²) in [6.45, 7) is 0.197. The number of carbonyl (C=O) groups is 1. The Morgan fingerprint density at radius 2 is 1.95 bits per heavy atom. The fourth-order valence-corrected chi connectivity index (χ4v) is 2.66. The van der Waals surface area contributed by atoms with Crippen LogP contribution >= 0.6 is 0 Å². The first-order chi connectivity index (χ1) is 10.1. The van der Waals surface area contributed by atoms with E-state index < -0.39 is 11.8 Å². The van der Waals surface area contributed by atoms with E-state index in [4.69, 9.17) is 10.5 Å². The van der Waals surface area contributed by atoms with Crippen molar-refractivity contribution in [2.24, 2.45) is 0 Å². The predicted octanol–water partition coefficient (Wildman–Crippen LogP) is 3.25. The van der Waals surface area contributed by atoms with Crippen LogP contribution < -0.4 is 5.73 Å². The Bertz CT molecular complexity index is 697. The molecule has 0 heterocycles. The molecule has 0 unspecified atom stereocenters. The van der Waals surface area contributed by atoms with Crippen LogP contribution in [0.3, 0.4) is 0 Å². The number of esters is 1. The summed E-state index contributed by atoms with van der Waals surface area (Å²) in [5.41, 5.74) is 9.59. The molecule has 0 bridgehead atoms. The third kappa shape index (κ3) is 2.89. The van der Waals surface area contributed by atoms with Gasteiger partial charge in [0, 0.05) is 5.69 Å². The fourth-order valence-electron chi connectivity index (χ4n) is 2.66. The predicted molar refractivity (Wildman–Crippen MR) is 78.4 cm³/mol. The quantitative estimate of drug-likeness (QED) is 0.695.